The summed E-state index contributed by atoms with van der Waals surface area (Å²) in [4.78, 5) is 32.1. The van der Waals surface area contributed by atoms with Gasteiger partial charge in [-0.15, -0.1) is 0 Å². The van der Waals surface area contributed by atoms with Gasteiger partial charge in [-0.3, -0.25) is 14.7 Å². The topological polar surface area (TPSA) is 100 Å². The SMILES string of the molecule is COc1ccccc1N1CC(C(=O)Nc2ccccc2-c2nc(-c3ccccc3)n[nH]2)CC1=O. The van der Waals surface area contributed by atoms with E-state index in [1.807, 2.05) is 72.8 Å². The summed E-state index contributed by atoms with van der Waals surface area (Å²) in [7, 11) is 1.56. The number of carbonyl (C=O) groups is 2. The summed E-state index contributed by atoms with van der Waals surface area (Å²) in [6.45, 7) is 0.285. The maximum Gasteiger partial charge on any atom is 0.229 e. The Morgan fingerprint density at radius 2 is 1.76 bits per heavy atom. The molecule has 1 fully saturated rings. The van der Waals surface area contributed by atoms with Gasteiger partial charge in [-0.1, -0.05) is 54.6 Å². The van der Waals surface area contributed by atoms with Crippen molar-refractivity contribution in [3.63, 3.8) is 0 Å². The summed E-state index contributed by atoms with van der Waals surface area (Å²) in [5.41, 5.74) is 2.89. The fraction of sp³-hybridized carbons (Fsp3) is 0.154. The van der Waals surface area contributed by atoms with E-state index in [1.165, 1.54) is 0 Å². The normalized spacial score (nSPS) is 15.4. The lowest BCUT2D eigenvalue weighted by atomic mass is 10.1. The van der Waals surface area contributed by atoms with E-state index in [0.29, 0.717) is 28.8 Å². The smallest absolute Gasteiger partial charge is 0.229 e. The molecule has 0 bridgehead atoms. The summed E-state index contributed by atoms with van der Waals surface area (Å²) in [5, 5.41) is 10.3. The van der Waals surface area contributed by atoms with Crippen LogP contribution in [0.5, 0.6) is 5.75 Å². The maximum atomic E-state index is 13.1. The summed E-state index contributed by atoms with van der Waals surface area (Å²) >= 11 is 0. The number of anilines is 2. The lowest BCUT2D eigenvalue weighted by molar-refractivity contribution is -0.122. The Labute approximate surface area is 196 Å². The van der Waals surface area contributed by atoms with Gasteiger partial charge in [-0.25, -0.2) is 4.98 Å². The number of H-pyrrole nitrogens is 1. The molecule has 0 radical (unpaired) electrons. The number of benzene rings is 3. The van der Waals surface area contributed by atoms with Crippen LogP contribution in [0.15, 0.2) is 78.9 Å². The largest absolute Gasteiger partial charge is 0.495 e. The third-order valence-corrected chi connectivity index (χ3v) is 5.83. The minimum Gasteiger partial charge on any atom is -0.495 e. The van der Waals surface area contributed by atoms with Gasteiger partial charge in [0.15, 0.2) is 11.6 Å². The van der Waals surface area contributed by atoms with E-state index in [4.69, 9.17) is 4.74 Å². The van der Waals surface area contributed by atoms with E-state index < -0.39 is 5.92 Å². The van der Waals surface area contributed by atoms with Gasteiger partial charge >= 0.3 is 0 Å². The molecule has 3 aromatic carbocycles. The predicted molar refractivity (Wildman–Crippen MR) is 129 cm³/mol. The number of hydrogen-bond acceptors (Lipinski definition) is 5. The van der Waals surface area contributed by atoms with Crippen molar-refractivity contribution in [3.05, 3.63) is 78.9 Å². The number of nitrogens with zero attached hydrogens (tertiary/aromatic N) is 3. The van der Waals surface area contributed by atoms with E-state index in [1.54, 1.807) is 18.1 Å². The van der Waals surface area contributed by atoms with E-state index in [-0.39, 0.29) is 24.8 Å². The van der Waals surface area contributed by atoms with Crippen LogP contribution < -0.4 is 15.0 Å². The second kappa shape index (κ2) is 9.19. The van der Waals surface area contributed by atoms with Gasteiger partial charge < -0.3 is 15.0 Å². The van der Waals surface area contributed by atoms with Crippen LogP contribution in [0.4, 0.5) is 11.4 Å². The third-order valence-electron chi connectivity index (χ3n) is 5.83. The minimum atomic E-state index is -0.486. The molecule has 0 aliphatic carbocycles. The van der Waals surface area contributed by atoms with Gasteiger partial charge in [0.1, 0.15) is 5.75 Å². The van der Waals surface area contributed by atoms with Crippen molar-refractivity contribution in [2.75, 3.05) is 23.9 Å². The Balaban J connectivity index is 1.35. The summed E-state index contributed by atoms with van der Waals surface area (Å²) in [6.07, 6.45) is 0.131. The van der Waals surface area contributed by atoms with Gasteiger partial charge in [0, 0.05) is 24.1 Å². The molecule has 2 N–H and O–H groups in total. The van der Waals surface area contributed by atoms with Crippen molar-refractivity contribution in [1.82, 2.24) is 15.2 Å². The molecule has 1 unspecified atom stereocenters. The number of rotatable bonds is 6. The number of nitrogens with one attached hydrogen (secondary N) is 2. The average molecular weight is 454 g/mol. The Hall–Kier alpha value is -4.46. The standard InChI is InChI=1S/C26H23N5O3/c1-34-22-14-8-7-13-21(22)31-16-18(15-23(31)32)26(33)27-20-12-6-5-11-19(20)25-28-24(29-30-25)17-9-3-2-4-10-17/h2-14,18H,15-16H2,1H3,(H,27,33)(H,28,29,30). The molecule has 5 rings (SSSR count). The number of para-hydroxylation sites is 3. The molecular formula is C26H23N5O3. The van der Waals surface area contributed by atoms with E-state index in [0.717, 1.165) is 11.1 Å². The van der Waals surface area contributed by atoms with Crippen LogP contribution in [0.2, 0.25) is 0 Å². The highest BCUT2D eigenvalue weighted by Crippen LogP contribution is 2.34. The lowest BCUT2D eigenvalue weighted by Crippen LogP contribution is -2.28. The molecule has 4 aromatic rings. The first-order valence-electron chi connectivity index (χ1n) is 11.0. The average Bonchev–Trinajstić information content (AvgIpc) is 3.52. The Morgan fingerprint density at radius 1 is 1.03 bits per heavy atom. The monoisotopic (exact) mass is 453 g/mol. The van der Waals surface area contributed by atoms with Gasteiger partial charge in [0.05, 0.1) is 24.4 Å². The van der Waals surface area contributed by atoms with Crippen LogP contribution in [0.3, 0.4) is 0 Å². The Bertz CT molecular complexity index is 1340. The van der Waals surface area contributed by atoms with Crippen molar-refractivity contribution in [1.29, 1.82) is 0 Å². The highest BCUT2D eigenvalue weighted by Gasteiger charge is 2.36. The number of hydrogen-bond donors (Lipinski definition) is 2. The highest BCUT2D eigenvalue weighted by atomic mass is 16.5. The molecule has 34 heavy (non-hydrogen) atoms. The first-order chi connectivity index (χ1) is 16.6. The summed E-state index contributed by atoms with van der Waals surface area (Å²) < 4.78 is 5.39. The number of methoxy groups -OCH3 is 1. The fourth-order valence-electron chi connectivity index (χ4n) is 4.10. The first-order valence-corrected chi connectivity index (χ1v) is 11.0. The third kappa shape index (κ3) is 4.13. The van der Waals surface area contributed by atoms with E-state index in [2.05, 4.69) is 20.5 Å². The number of aromatic nitrogens is 3. The quantitative estimate of drug-likeness (QED) is 0.457. The molecule has 1 atom stereocenters. The zero-order valence-corrected chi connectivity index (χ0v) is 18.6. The van der Waals surface area contributed by atoms with Gasteiger partial charge in [-0.2, -0.15) is 5.10 Å². The molecular weight excluding hydrogens is 430 g/mol. The Kier molecular flexibility index (Phi) is 5.78. The molecule has 2 amide bonds. The molecule has 8 heteroatoms. The molecule has 0 spiro atoms. The maximum absolute atomic E-state index is 13.1. The second-order valence-corrected chi connectivity index (χ2v) is 7.99. The minimum absolute atomic E-state index is 0.110. The summed E-state index contributed by atoms with van der Waals surface area (Å²) in [6, 6.07) is 24.4. The van der Waals surface area contributed by atoms with Crippen molar-refractivity contribution in [2.24, 2.45) is 5.92 Å². The second-order valence-electron chi connectivity index (χ2n) is 7.99. The molecule has 1 aromatic heterocycles. The molecule has 1 saturated heterocycles. The molecule has 170 valence electrons. The van der Waals surface area contributed by atoms with Gasteiger partial charge in [0.2, 0.25) is 11.8 Å². The van der Waals surface area contributed by atoms with Crippen LogP contribution in [-0.4, -0.2) is 40.7 Å². The van der Waals surface area contributed by atoms with Crippen LogP contribution in [-0.2, 0) is 9.59 Å². The van der Waals surface area contributed by atoms with Crippen molar-refractivity contribution in [2.45, 2.75) is 6.42 Å². The number of aromatic amines is 1. The van der Waals surface area contributed by atoms with E-state index >= 15 is 0 Å². The lowest BCUT2D eigenvalue weighted by Gasteiger charge is -2.19. The first kappa shape index (κ1) is 21.4. The number of ether oxygens (including phenoxy) is 1. The van der Waals surface area contributed by atoms with Crippen LogP contribution in [0.1, 0.15) is 6.42 Å². The zero-order valence-electron chi connectivity index (χ0n) is 18.6. The van der Waals surface area contributed by atoms with Crippen molar-refractivity contribution >= 4 is 23.2 Å². The van der Waals surface area contributed by atoms with Crippen LogP contribution >= 0.6 is 0 Å². The zero-order chi connectivity index (χ0) is 23.5. The van der Waals surface area contributed by atoms with Crippen LogP contribution in [0.25, 0.3) is 22.8 Å². The highest BCUT2D eigenvalue weighted by molar-refractivity contribution is 6.05. The summed E-state index contributed by atoms with van der Waals surface area (Å²) in [5.74, 6) is 0.905. The van der Waals surface area contributed by atoms with Crippen molar-refractivity contribution < 1.29 is 14.3 Å². The Morgan fingerprint density at radius 3 is 2.59 bits per heavy atom. The molecule has 0 saturated carbocycles. The molecule has 1 aliphatic rings. The number of amides is 2. The molecule has 8 nitrogen and oxygen atoms in total. The molecule has 2 heterocycles. The van der Waals surface area contributed by atoms with Gasteiger partial charge in [0.25, 0.3) is 0 Å². The fourth-order valence-corrected chi connectivity index (χ4v) is 4.10. The number of carbonyl (C=O) groups excluding carboxylic acids is 2. The predicted octanol–water partition coefficient (Wildman–Crippen LogP) is 4.14. The van der Waals surface area contributed by atoms with Gasteiger partial charge in [-0.05, 0) is 24.3 Å². The van der Waals surface area contributed by atoms with Crippen molar-refractivity contribution in [3.8, 4) is 28.5 Å². The van der Waals surface area contributed by atoms with Crippen LogP contribution in [0, 0.1) is 5.92 Å². The molecule has 1 aliphatic heterocycles. The van der Waals surface area contributed by atoms with E-state index in [9.17, 15) is 9.59 Å².